The van der Waals surface area contributed by atoms with Crippen molar-refractivity contribution in [2.45, 2.75) is 106 Å². The number of fused-ring (bicyclic) bond motifs is 1. The lowest BCUT2D eigenvalue weighted by Gasteiger charge is -2.65. The van der Waals surface area contributed by atoms with Crippen molar-refractivity contribution >= 4 is 8.32 Å². The van der Waals surface area contributed by atoms with Crippen LogP contribution in [0.4, 0.5) is 0 Å². The Morgan fingerprint density at radius 1 is 1.11 bits per heavy atom. The average molecular weight is 500 g/mol. The number of ether oxygens (including phenoxy) is 3. The summed E-state index contributed by atoms with van der Waals surface area (Å²) < 4.78 is 26.6. The van der Waals surface area contributed by atoms with Crippen LogP contribution in [0, 0.1) is 5.92 Å². The van der Waals surface area contributed by atoms with E-state index in [4.69, 9.17) is 18.6 Å². The zero-order valence-electron chi connectivity index (χ0n) is 22.0. The number of rotatable bonds is 4. The first-order chi connectivity index (χ1) is 16.5. The van der Waals surface area contributed by atoms with Gasteiger partial charge in [-0.05, 0) is 74.3 Å². The van der Waals surface area contributed by atoms with Crippen molar-refractivity contribution in [1.29, 1.82) is 0 Å². The number of piperidine rings is 1. The fourth-order valence-electron chi connectivity index (χ4n) is 7.70. The molecule has 7 rings (SSSR count). The summed E-state index contributed by atoms with van der Waals surface area (Å²) in [6.07, 6.45) is 5.42. The molecule has 3 unspecified atom stereocenters. The van der Waals surface area contributed by atoms with Crippen molar-refractivity contribution in [3.05, 3.63) is 23.3 Å². The fraction of sp³-hybridized carbons (Fsp3) is 0.786. The van der Waals surface area contributed by atoms with E-state index in [1.54, 1.807) is 0 Å². The van der Waals surface area contributed by atoms with Crippen molar-refractivity contribution in [1.82, 2.24) is 4.90 Å². The van der Waals surface area contributed by atoms with Crippen LogP contribution in [0.25, 0.3) is 0 Å². The van der Waals surface area contributed by atoms with Crippen LogP contribution in [0.15, 0.2) is 12.1 Å². The Kier molecular flexibility index (Phi) is 4.63. The van der Waals surface area contributed by atoms with Gasteiger partial charge < -0.3 is 23.7 Å². The van der Waals surface area contributed by atoms with Crippen LogP contribution in [0.3, 0.4) is 0 Å². The standard InChI is InChI=1S/C28H41NO5Si/c1-25(2,3)35(4,5)34-20-9-8-19-16-21-27(30)10-11-28(31-14-15-32-28)24-26(27,22(19)23(20)33-24)12-13-29(21)17-18-6-7-18/h8-9,18,21,24,30H,6-7,10-17H2,1-5H3/t21?,24?,26?,27-/m1/s1. The first kappa shape index (κ1) is 23.0. The molecule has 4 fully saturated rings. The highest BCUT2D eigenvalue weighted by atomic mass is 28.4. The Morgan fingerprint density at radius 3 is 2.54 bits per heavy atom. The molecule has 6 nitrogen and oxygen atoms in total. The second-order valence-electron chi connectivity index (χ2n) is 13.6. The van der Waals surface area contributed by atoms with E-state index in [0.717, 1.165) is 43.3 Å². The number of hydrogen-bond donors (Lipinski definition) is 1. The highest BCUT2D eigenvalue weighted by Crippen LogP contribution is 2.68. The lowest BCUT2D eigenvalue weighted by Crippen LogP contribution is -2.79. The van der Waals surface area contributed by atoms with E-state index < -0.39 is 25.1 Å². The first-order valence-corrected chi connectivity index (χ1v) is 16.7. The summed E-state index contributed by atoms with van der Waals surface area (Å²) in [6.45, 7) is 14.6. The van der Waals surface area contributed by atoms with Crippen LogP contribution >= 0.6 is 0 Å². The molecule has 3 aliphatic heterocycles. The van der Waals surface area contributed by atoms with Crippen LogP contribution in [0.1, 0.15) is 64.0 Å². The quantitative estimate of drug-likeness (QED) is 0.621. The minimum atomic E-state index is -2.08. The van der Waals surface area contributed by atoms with E-state index >= 15 is 0 Å². The molecule has 2 saturated heterocycles. The van der Waals surface area contributed by atoms with Gasteiger partial charge in [0.2, 0.25) is 5.79 Å². The molecule has 0 aromatic heterocycles. The monoisotopic (exact) mass is 499 g/mol. The Bertz CT molecular complexity index is 1060. The summed E-state index contributed by atoms with van der Waals surface area (Å²) >= 11 is 0. The second kappa shape index (κ2) is 7.04. The predicted molar refractivity (Wildman–Crippen MR) is 136 cm³/mol. The molecule has 0 amide bonds. The molecular weight excluding hydrogens is 458 g/mol. The Labute approximate surface area is 210 Å². The largest absolute Gasteiger partial charge is 0.541 e. The highest BCUT2D eigenvalue weighted by molar-refractivity contribution is 6.74. The molecule has 7 heteroatoms. The minimum absolute atomic E-state index is 0.0815. The molecule has 35 heavy (non-hydrogen) atoms. The number of hydrogen-bond acceptors (Lipinski definition) is 6. The minimum Gasteiger partial charge on any atom is -0.541 e. The van der Waals surface area contributed by atoms with Gasteiger partial charge in [0.25, 0.3) is 8.32 Å². The van der Waals surface area contributed by atoms with Gasteiger partial charge in [0.05, 0.1) is 24.2 Å². The molecule has 1 aromatic carbocycles. The number of likely N-dealkylation sites (tertiary alicyclic amines) is 1. The zero-order valence-corrected chi connectivity index (χ0v) is 23.0. The van der Waals surface area contributed by atoms with Crippen molar-refractivity contribution in [3.8, 4) is 11.5 Å². The normalized spacial score (nSPS) is 37.3. The van der Waals surface area contributed by atoms with Gasteiger partial charge in [0, 0.05) is 24.6 Å². The van der Waals surface area contributed by atoms with Crippen LogP contribution in [0.2, 0.25) is 18.1 Å². The molecule has 2 spiro atoms. The van der Waals surface area contributed by atoms with Gasteiger partial charge >= 0.3 is 0 Å². The predicted octanol–water partition coefficient (Wildman–Crippen LogP) is 4.38. The van der Waals surface area contributed by atoms with E-state index in [0.29, 0.717) is 26.1 Å². The van der Waals surface area contributed by atoms with Gasteiger partial charge in [-0.3, -0.25) is 4.90 Å². The second-order valence-corrected chi connectivity index (χ2v) is 18.3. The van der Waals surface area contributed by atoms with Gasteiger partial charge in [0.15, 0.2) is 11.9 Å². The molecule has 6 aliphatic rings. The van der Waals surface area contributed by atoms with Crippen LogP contribution in [-0.4, -0.2) is 68.2 Å². The van der Waals surface area contributed by atoms with Crippen LogP contribution in [0.5, 0.6) is 11.5 Å². The van der Waals surface area contributed by atoms with Crippen LogP contribution < -0.4 is 9.16 Å². The molecule has 0 radical (unpaired) electrons. The Morgan fingerprint density at radius 2 is 1.86 bits per heavy atom. The Hall–Kier alpha value is -1.12. The molecule has 3 aliphatic carbocycles. The number of nitrogens with zero attached hydrogens (tertiary/aromatic N) is 1. The van der Waals surface area contributed by atoms with Crippen molar-refractivity contribution in [3.63, 3.8) is 0 Å². The van der Waals surface area contributed by atoms with Crippen molar-refractivity contribution < 1.29 is 23.7 Å². The van der Waals surface area contributed by atoms with Gasteiger partial charge in [-0.1, -0.05) is 26.8 Å². The Balaban J connectivity index is 1.39. The van der Waals surface area contributed by atoms with Gasteiger partial charge in [0.1, 0.15) is 5.75 Å². The van der Waals surface area contributed by atoms with E-state index in [9.17, 15) is 5.11 Å². The van der Waals surface area contributed by atoms with Crippen molar-refractivity contribution in [2.24, 2.45) is 5.92 Å². The number of benzene rings is 1. The third kappa shape index (κ3) is 2.90. The maximum Gasteiger partial charge on any atom is 0.250 e. The van der Waals surface area contributed by atoms with E-state index in [1.165, 1.54) is 24.0 Å². The first-order valence-electron chi connectivity index (χ1n) is 13.8. The molecule has 192 valence electrons. The van der Waals surface area contributed by atoms with Gasteiger partial charge in [-0.25, -0.2) is 0 Å². The SMILES string of the molecule is CC(C)(C)[Si](C)(C)Oc1ccc2c3c1OC1C4(CC[C@@]5(O)C(C2)N(CC2CC2)CCC315)OCCO4. The van der Waals surface area contributed by atoms with E-state index in [-0.39, 0.29) is 17.2 Å². The van der Waals surface area contributed by atoms with Gasteiger partial charge in [-0.2, -0.15) is 0 Å². The molecule has 3 heterocycles. The summed E-state index contributed by atoms with van der Waals surface area (Å²) in [4.78, 5) is 2.61. The summed E-state index contributed by atoms with van der Waals surface area (Å²) in [5.74, 6) is 1.72. The smallest absolute Gasteiger partial charge is 0.250 e. The molecular formula is C28H41NO5Si. The lowest BCUT2D eigenvalue weighted by molar-refractivity contribution is -0.296. The topological polar surface area (TPSA) is 60.4 Å². The highest BCUT2D eigenvalue weighted by Gasteiger charge is 2.77. The maximum atomic E-state index is 12.7. The maximum absolute atomic E-state index is 12.7. The molecule has 4 atom stereocenters. The van der Waals surface area contributed by atoms with E-state index in [2.05, 4.69) is 50.9 Å². The summed E-state index contributed by atoms with van der Waals surface area (Å²) in [7, 11) is -2.08. The number of aliphatic hydroxyl groups is 1. The van der Waals surface area contributed by atoms with Crippen molar-refractivity contribution in [2.75, 3.05) is 26.3 Å². The fourth-order valence-corrected chi connectivity index (χ4v) is 8.72. The lowest BCUT2D eigenvalue weighted by atomic mass is 9.48. The summed E-state index contributed by atoms with van der Waals surface area (Å²) in [5.41, 5.74) is 1.15. The summed E-state index contributed by atoms with van der Waals surface area (Å²) in [6, 6.07) is 4.52. The third-order valence-corrected chi connectivity index (χ3v) is 15.0. The third-order valence-electron chi connectivity index (χ3n) is 10.7. The summed E-state index contributed by atoms with van der Waals surface area (Å²) in [5, 5.41) is 12.8. The molecule has 1 N–H and O–H groups in total. The molecule has 2 bridgehead atoms. The van der Waals surface area contributed by atoms with E-state index in [1.807, 2.05) is 0 Å². The average Bonchev–Trinajstić information content (AvgIpc) is 3.34. The van der Waals surface area contributed by atoms with Gasteiger partial charge in [-0.15, -0.1) is 0 Å². The van der Waals surface area contributed by atoms with Crippen LogP contribution in [-0.2, 0) is 21.3 Å². The zero-order chi connectivity index (χ0) is 24.4. The molecule has 1 aromatic rings. The molecule has 2 saturated carbocycles.